The number of ether oxygens (including phenoxy) is 1. The van der Waals surface area contributed by atoms with Crippen molar-refractivity contribution in [2.75, 3.05) is 12.4 Å². The van der Waals surface area contributed by atoms with Crippen molar-refractivity contribution < 1.29 is 17.9 Å². The largest absolute Gasteiger partial charge is 0.462 e. The van der Waals surface area contributed by atoms with Gasteiger partial charge in [-0.15, -0.1) is 0 Å². The lowest BCUT2D eigenvalue weighted by Crippen LogP contribution is -2.52. The van der Waals surface area contributed by atoms with Crippen LogP contribution in [0.1, 0.15) is 78.6 Å². The first kappa shape index (κ1) is 21.4. The van der Waals surface area contributed by atoms with Crippen LogP contribution in [0.3, 0.4) is 0 Å². The van der Waals surface area contributed by atoms with Crippen molar-refractivity contribution in [1.82, 2.24) is 0 Å². The van der Waals surface area contributed by atoms with Crippen LogP contribution >= 0.6 is 0 Å². The van der Waals surface area contributed by atoms with Crippen LogP contribution in [0.15, 0.2) is 11.6 Å². The molecule has 0 aromatic rings. The van der Waals surface area contributed by atoms with Gasteiger partial charge >= 0.3 is 5.97 Å². The van der Waals surface area contributed by atoms with Gasteiger partial charge < -0.3 is 4.74 Å². The van der Waals surface area contributed by atoms with E-state index in [9.17, 15) is 13.2 Å². The molecule has 0 aromatic carbocycles. The molecule has 0 aromatic heterocycles. The van der Waals surface area contributed by atoms with E-state index in [1.54, 1.807) is 0 Å². The minimum atomic E-state index is -3.63. The van der Waals surface area contributed by atoms with Gasteiger partial charge in [0.1, 0.15) is 0 Å². The summed E-state index contributed by atoms with van der Waals surface area (Å²) >= 11 is 0. The summed E-state index contributed by atoms with van der Waals surface area (Å²) in [6.45, 7) is 7.60. The number of sulfonamides is 1. The second kappa shape index (κ2) is 7.08. The van der Waals surface area contributed by atoms with E-state index in [-0.39, 0.29) is 18.3 Å². The molecular formula is C23H37NO4S. The number of nitrogens with two attached hydrogens (primary N) is 1. The molecule has 0 unspecified atom stereocenters. The fourth-order valence-corrected chi connectivity index (χ4v) is 8.43. The van der Waals surface area contributed by atoms with Crippen molar-refractivity contribution in [2.45, 2.75) is 78.6 Å². The van der Waals surface area contributed by atoms with Crippen LogP contribution in [-0.2, 0) is 19.6 Å². The number of fused-ring (bicyclic) bond motifs is 1. The van der Waals surface area contributed by atoms with Gasteiger partial charge in [0.05, 0.1) is 12.4 Å². The molecule has 2 N–H and O–H groups in total. The first-order valence-corrected chi connectivity index (χ1v) is 13.1. The molecule has 3 saturated carbocycles. The lowest BCUT2D eigenvalue weighted by atomic mass is 9.45. The summed E-state index contributed by atoms with van der Waals surface area (Å²) in [5.41, 5.74) is 1.83. The van der Waals surface area contributed by atoms with Gasteiger partial charge in [-0.25, -0.2) is 18.4 Å². The van der Waals surface area contributed by atoms with Crippen molar-refractivity contribution in [3.63, 3.8) is 0 Å². The molecule has 29 heavy (non-hydrogen) atoms. The number of primary sulfonamides is 1. The fraction of sp³-hybridized carbons (Fsp3) is 0.870. The van der Waals surface area contributed by atoms with E-state index >= 15 is 0 Å². The highest BCUT2D eigenvalue weighted by Crippen LogP contribution is 2.72. The topological polar surface area (TPSA) is 86.5 Å². The zero-order valence-corrected chi connectivity index (χ0v) is 19.0. The zero-order chi connectivity index (χ0) is 21.1. The van der Waals surface area contributed by atoms with Crippen molar-refractivity contribution in [1.29, 1.82) is 0 Å². The van der Waals surface area contributed by atoms with Crippen LogP contribution in [0.5, 0.6) is 0 Å². The highest BCUT2D eigenvalue weighted by atomic mass is 32.2. The van der Waals surface area contributed by atoms with E-state index in [1.165, 1.54) is 44.9 Å². The molecule has 1 aliphatic heterocycles. The van der Waals surface area contributed by atoms with Gasteiger partial charge in [0, 0.05) is 11.5 Å². The van der Waals surface area contributed by atoms with Gasteiger partial charge in [0.2, 0.25) is 10.0 Å². The minimum absolute atomic E-state index is 0.127. The second-order valence-electron chi connectivity index (χ2n) is 11.2. The number of hydrogen-bond donors (Lipinski definition) is 1. The van der Waals surface area contributed by atoms with Crippen LogP contribution in [-0.4, -0.2) is 26.7 Å². The van der Waals surface area contributed by atoms with Gasteiger partial charge in [-0.2, -0.15) is 0 Å². The monoisotopic (exact) mass is 423 g/mol. The average Bonchev–Trinajstić information content (AvgIpc) is 3.28. The number of cyclic esters (lactones) is 1. The minimum Gasteiger partial charge on any atom is -0.462 e. The van der Waals surface area contributed by atoms with Crippen LogP contribution in [0.2, 0.25) is 0 Å². The molecule has 4 fully saturated rings. The molecule has 4 rings (SSSR count). The molecule has 1 saturated heterocycles. The summed E-state index contributed by atoms with van der Waals surface area (Å²) in [5, 5.41) is 5.21. The lowest BCUT2D eigenvalue weighted by Gasteiger charge is -2.60. The maximum atomic E-state index is 12.1. The predicted octanol–water partition coefficient (Wildman–Crippen LogP) is 4.18. The van der Waals surface area contributed by atoms with Crippen molar-refractivity contribution in [3.8, 4) is 0 Å². The van der Waals surface area contributed by atoms with E-state index in [0.717, 1.165) is 18.8 Å². The third-order valence-corrected chi connectivity index (χ3v) is 9.85. The molecule has 1 heterocycles. The van der Waals surface area contributed by atoms with E-state index in [4.69, 9.17) is 9.88 Å². The Kier molecular flexibility index (Phi) is 5.21. The summed E-state index contributed by atoms with van der Waals surface area (Å²) < 4.78 is 28.1. The molecule has 4 atom stereocenters. The lowest BCUT2D eigenvalue weighted by molar-refractivity contribution is -0.135. The van der Waals surface area contributed by atoms with Gasteiger partial charge in [-0.3, -0.25) is 0 Å². The van der Waals surface area contributed by atoms with Crippen LogP contribution in [0.4, 0.5) is 0 Å². The number of allylic oxidation sites excluding steroid dienone is 1. The zero-order valence-electron chi connectivity index (χ0n) is 18.2. The smallest absolute Gasteiger partial charge is 0.334 e. The van der Waals surface area contributed by atoms with Gasteiger partial charge in [-0.1, -0.05) is 33.3 Å². The fourth-order valence-electron chi connectivity index (χ4n) is 7.59. The van der Waals surface area contributed by atoms with Crippen LogP contribution < -0.4 is 5.14 Å². The maximum absolute atomic E-state index is 12.1. The van der Waals surface area contributed by atoms with E-state index in [1.807, 2.05) is 6.08 Å². The quantitative estimate of drug-likeness (QED) is 0.531. The predicted molar refractivity (Wildman–Crippen MR) is 113 cm³/mol. The Labute approximate surface area is 175 Å². The Morgan fingerprint density at radius 3 is 2.52 bits per heavy atom. The molecule has 1 spiro atoms. The molecule has 0 bridgehead atoms. The normalized spacial score (nSPS) is 39.4. The number of carbonyl (C=O) groups excluding carboxylic acids is 1. The van der Waals surface area contributed by atoms with E-state index in [2.05, 4.69) is 20.8 Å². The Bertz CT molecular complexity index is 811. The molecule has 164 valence electrons. The first-order valence-electron chi connectivity index (χ1n) is 11.3. The van der Waals surface area contributed by atoms with Crippen LogP contribution in [0.25, 0.3) is 0 Å². The van der Waals surface area contributed by atoms with Crippen LogP contribution in [0, 0.1) is 34.0 Å². The SMILES string of the molecule is CC1(C)CCC[C@@]2(C)[C@H]1CCC1(CC1)[C@@H]2CC/C=C1/C(=O)OC[C@H]1CS(N)(=O)=O. The Hall–Kier alpha value is -0.880. The van der Waals surface area contributed by atoms with Gasteiger partial charge in [-0.05, 0) is 79.4 Å². The van der Waals surface area contributed by atoms with Gasteiger partial charge in [0.15, 0.2) is 0 Å². The third-order valence-electron chi connectivity index (χ3n) is 8.98. The van der Waals surface area contributed by atoms with E-state index in [0.29, 0.717) is 27.7 Å². The molecular weight excluding hydrogens is 386 g/mol. The first-order chi connectivity index (χ1) is 13.5. The summed E-state index contributed by atoms with van der Waals surface area (Å²) in [6, 6.07) is 0. The second-order valence-corrected chi connectivity index (χ2v) is 12.9. The summed E-state index contributed by atoms with van der Waals surface area (Å²) in [6.07, 6.45) is 13.3. The Morgan fingerprint density at radius 1 is 1.14 bits per heavy atom. The van der Waals surface area contributed by atoms with Crippen molar-refractivity contribution in [2.24, 2.45) is 39.1 Å². The molecule has 5 nitrogen and oxygen atoms in total. The standard InChI is InChI=1S/C23H37NO4S/c1-21(2)9-5-10-22(3)18(21)8-11-23(12-13-23)19(22)7-4-6-17-16(14-28-20(17)25)15-29(24,26)27/h6,16,18-19H,4-5,7-15H2,1-3H3,(H2,24,26,27)/b17-6+/t16-,18-,19+,22-/m0/s1. The highest BCUT2D eigenvalue weighted by molar-refractivity contribution is 7.89. The summed E-state index contributed by atoms with van der Waals surface area (Å²) in [4.78, 5) is 12.1. The third kappa shape index (κ3) is 3.91. The number of carbonyl (C=O) groups is 1. The number of rotatable bonds is 5. The molecule has 3 aliphatic carbocycles. The van der Waals surface area contributed by atoms with Crippen molar-refractivity contribution >= 4 is 16.0 Å². The Balaban J connectivity index is 1.52. The number of hydrogen-bond acceptors (Lipinski definition) is 4. The van der Waals surface area contributed by atoms with E-state index < -0.39 is 15.9 Å². The summed E-state index contributed by atoms with van der Waals surface area (Å²) in [7, 11) is -3.63. The number of esters is 1. The van der Waals surface area contributed by atoms with Gasteiger partial charge in [0.25, 0.3) is 0 Å². The summed E-state index contributed by atoms with van der Waals surface area (Å²) in [5.74, 6) is 0.465. The molecule has 0 amide bonds. The molecule has 6 heteroatoms. The van der Waals surface area contributed by atoms with Crippen molar-refractivity contribution in [3.05, 3.63) is 11.6 Å². The molecule has 0 radical (unpaired) electrons. The Morgan fingerprint density at radius 2 is 1.86 bits per heavy atom. The maximum Gasteiger partial charge on any atom is 0.334 e. The highest BCUT2D eigenvalue weighted by Gasteiger charge is 2.62. The average molecular weight is 424 g/mol. The molecule has 4 aliphatic rings.